The summed E-state index contributed by atoms with van der Waals surface area (Å²) in [5.74, 6) is 0.220. The van der Waals surface area contributed by atoms with Gasteiger partial charge in [-0.3, -0.25) is 14.4 Å². The summed E-state index contributed by atoms with van der Waals surface area (Å²) in [6.07, 6.45) is 2.34. The van der Waals surface area contributed by atoms with E-state index in [-0.39, 0.29) is 24.2 Å². The first-order valence-corrected chi connectivity index (χ1v) is 14.1. The average molecular weight is 557 g/mol. The Bertz CT molecular complexity index is 1130. The van der Waals surface area contributed by atoms with Crippen LogP contribution in [0.2, 0.25) is 5.02 Å². The number of nitrogens with zero attached hydrogens (tertiary/aromatic N) is 1. The Morgan fingerprint density at radius 1 is 1.03 bits per heavy atom. The lowest BCUT2D eigenvalue weighted by Gasteiger charge is -2.31. The van der Waals surface area contributed by atoms with E-state index in [0.717, 1.165) is 23.3 Å². The predicted molar refractivity (Wildman–Crippen MR) is 154 cm³/mol. The number of benzene rings is 2. The van der Waals surface area contributed by atoms with E-state index in [4.69, 9.17) is 16.3 Å². The highest BCUT2D eigenvalue weighted by atomic mass is 35.5. The van der Waals surface area contributed by atoms with E-state index in [1.807, 2.05) is 36.4 Å². The van der Waals surface area contributed by atoms with Crippen molar-refractivity contribution in [2.24, 2.45) is 5.92 Å². The first kappa shape index (κ1) is 30.4. The number of hydrogen-bond acceptors (Lipinski definition) is 5. The van der Waals surface area contributed by atoms with Crippen molar-refractivity contribution < 1.29 is 19.1 Å². The molecule has 3 unspecified atom stereocenters. The van der Waals surface area contributed by atoms with Gasteiger partial charge in [0, 0.05) is 31.6 Å². The topological polar surface area (TPSA) is 99.8 Å². The standard InChI is InChI=1S/C30H41ClN4O4/c1-20(2)17-26-30(38)35(4)21(3)28(36)34-25(19-22-9-7-12-24(31)18-22)29(37)33-14-8-11-23-10-5-6-13-27(23)39-16-15-32-26/h5-7,9-10,12-13,18,20-21,25-26,32H,8,11,14-17,19H2,1-4H3,(H,33,37)(H,34,36). The van der Waals surface area contributed by atoms with Crippen LogP contribution in [0.4, 0.5) is 0 Å². The highest BCUT2D eigenvalue weighted by Gasteiger charge is 2.31. The van der Waals surface area contributed by atoms with Crippen LogP contribution >= 0.6 is 11.6 Å². The first-order chi connectivity index (χ1) is 18.7. The number of likely N-dealkylation sites (N-methyl/N-ethyl adjacent to an activating group) is 1. The summed E-state index contributed by atoms with van der Waals surface area (Å²) in [6, 6.07) is 13.0. The van der Waals surface area contributed by atoms with Crippen LogP contribution in [-0.2, 0) is 27.2 Å². The third-order valence-corrected chi connectivity index (χ3v) is 7.16. The van der Waals surface area contributed by atoms with Crippen molar-refractivity contribution in [1.82, 2.24) is 20.9 Å². The smallest absolute Gasteiger partial charge is 0.243 e. The third-order valence-electron chi connectivity index (χ3n) is 6.92. The molecule has 8 nitrogen and oxygen atoms in total. The van der Waals surface area contributed by atoms with Crippen molar-refractivity contribution in [3.05, 3.63) is 64.7 Å². The summed E-state index contributed by atoms with van der Waals surface area (Å²) < 4.78 is 6.05. The highest BCUT2D eigenvalue weighted by molar-refractivity contribution is 6.30. The first-order valence-electron chi connectivity index (χ1n) is 13.7. The van der Waals surface area contributed by atoms with Gasteiger partial charge in [0.05, 0.1) is 6.04 Å². The molecule has 0 radical (unpaired) electrons. The second-order valence-corrected chi connectivity index (χ2v) is 10.9. The van der Waals surface area contributed by atoms with Gasteiger partial charge in [-0.1, -0.05) is 55.8 Å². The molecule has 39 heavy (non-hydrogen) atoms. The maximum atomic E-state index is 13.5. The minimum atomic E-state index is -0.819. The van der Waals surface area contributed by atoms with Crippen LogP contribution in [0.25, 0.3) is 0 Å². The van der Waals surface area contributed by atoms with E-state index in [1.165, 1.54) is 4.90 Å². The Labute approximate surface area is 236 Å². The summed E-state index contributed by atoms with van der Waals surface area (Å²) in [5, 5.41) is 9.74. The van der Waals surface area contributed by atoms with Gasteiger partial charge in [0.25, 0.3) is 0 Å². The summed E-state index contributed by atoms with van der Waals surface area (Å²) in [4.78, 5) is 41.4. The monoisotopic (exact) mass is 556 g/mol. The van der Waals surface area contributed by atoms with Crippen LogP contribution in [0.1, 0.15) is 44.7 Å². The van der Waals surface area contributed by atoms with Gasteiger partial charge in [-0.25, -0.2) is 0 Å². The molecule has 3 rings (SSSR count). The van der Waals surface area contributed by atoms with Crippen molar-refractivity contribution >= 4 is 29.3 Å². The number of nitrogens with one attached hydrogen (secondary N) is 3. The number of fused-ring (bicyclic) bond motifs is 1. The Morgan fingerprint density at radius 2 is 1.79 bits per heavy atom. The molecule has 0 saturated carbocycles. The number of hydrogen-bond donors (Lipinski definition) is 3. The molecule has 3 N–H and O–H groups in total. The van der Waals surface area contributed by atoms with Gasteiger partial charge >= 0.3 is 0 Å². The lowest BCUT2D eigenvalue weighted by molar-refractivity contribution is -0.141. The fourth-order valence-electron chi connectivity index (χ4n) is 4.62. The van der Waals surface area contributed by atoms with Gasteiger partial charge in [0.1, 0.15) is 24.4 Å². The number of halogens is 1. The number of ether oxygens (including phenoxy) is 1. The number of amides is 3. The largest absolute Gasteiger partial charge is 0.492 e. The average Bonchev–Trinajstić information content (AvgIpc) is 2.91. The molecule has 0 aliphatic carbocycles. The van der Waals surface area contributed by atoms with Gasteiger partial charge in [-0.2, -0.15) is 0 Å². The maximum absolute atomic E-state index is 13.5. The fraction of sp³-hybridized carbons (Fsp3) is 0.500. The molecule has 2 aromatic carbocycles. The zero-order valence-corrected chi connectivity index (χ0v) is 24.1. The number of carbonyl (C=O) groups is 3. The highest BCUT2D eigenvalue weighted by Crippen LogP contribution is 2.20. The van der Waals surface area contributed by atoms with E-state index in [9.17, 15) is 14.4 Å². The Balaban J connectivity index is 1.85. The summed E-state index contributed by atoms with van der Waals surface area (Å²) in [6.45, 7) is 7.13. The maximum Gasteiger partial charge on any atom is 0.243 e. The molecular formula is C30H41ClN4O4. The van der Waals surface area contributed by atoms with Crippen LogP contribution < -0.4 is 20.7 Å². The van der Waals surface area contributed by atoms with Crippen LogP contribution in [-0.4, -0.2) is 67.5 Å². The number of aryl methyl sites for hydroxylation is 1. The third kappa shape index (κ3) is 9.25. The van der Waals surface area contributed by atoms with Crippen LogP contribution in [0, 0.1) is 5.92 Å². The fourth-order valence-corrected chi connectivity index (χ4v) is 4.83. The van der Waals surface area contributed by atoms with Gasteiger partial charge in [0.2, 0.25) is 17.7 Å². The van der Waals surface area contributed by atoms with Crippen molar-refractivity contribution in [2.75, 3.05) is 26.7 Å². The van der Waals surface area contributed by atoms with E-state index in [1.54, 1.807) is 26.1 Å². The van der Waals surface area contributed by atoms with Gasteiger partial charge in [0.15, 0.2) is 0 Å². The molecular weight excluding hydrogens is 516 g/mol. The minimum Gasteiger partial charge on any atom is -0.492 e. The van der Waals surface area contributed by atoms with Crippen LogP contribution in [0.15, 0.2) is 48.5 Å². The predicted octanol–water partition coefficient (Wildman–Crippen LogP) is 3.36. The van der Waals surface area contributed by atoms with Gasteiger partial charge in [-0.15, -0.1) is 0 Å². The van der Waals surface area contributed by atoms with E-state index >= 15 is 0 Å². The molecule has 9 heteroatoms. The molecule has 0 fully saturated rings. The molecule has 0 aromatic heterocycles. The zero-order valence-electron chi connectivity index (χ0n) is 23.3. The summed E-state index contributed by atoms with van der Waals surface area (Å²) >= 11 is 6.16. The Kier molecular flexibility index (Phi) is 11.6. The normalized spacial score (nSPS) is 22.3. The van der Waals surface area contributed by atoms with Crippen LogP contribution in [0.3, 0.4) is 0 Å². The molecule has 0 spiro atoms. The Hall–Kier alpha value is -3.10. The molecule has 1 heterocycles. The van der Waals surface area contributed by atoms with Gasteiger partial charge < -0.3 is 25.6 Å². The van der Waals surface area contributed by atoms with Crippen molar-refractivity contribution in [1.29, 1.82) is 0 Å². The molecule has 212 valence electrons. The lowest BCUT2D eigenvalue weighted by Crippen LogP contribution is -2.56. The number of para-hydroxylation sites is 1. The quantitative estimate of drug-likeness (QED) is 0.536. The molecule has 3 amide bonds. The van der Waals surface area contributed by atoms with E-state index < -0.39 is 24.0 Å². The lowest BCUT2D eigenvalue weighted by atomic mass is 10.0. The number of rotatable bonds is 4. The minimum absolute atomic E-state index is 0.177. The second kappa shape index (κ2) is 14.9. The molecule has 2 aromatic rings. The molecule has 3 atom stereocenters. The van der Waals surface area contributed by atoms with Crippen molar-refractivity contribution in [2.45, 2.75) is 64.6 Å². The molecule has 1 aliphatic heterocycles. The molecule has 1 aliphatic rings. The van der Waals surface area contributed by atoms with E-state index in [2.05, 4.69) is 29.8 Å². The Morgan fingerprint density at radius 3 is 2.54 bits per heavy atom. The molecule has 0 bridgehead atoms. The SMILES string of the molecule is CC(C)CC1NCCOc2ccccc2CCCNC(=O)C(Cc2cccc(Cl)c2)NC(=O)C(C)N(C)C1=O. The number of carbonyl (C=O) groups excluding carboxylic acids is 3. The van der Waals surface area contributed by atoms with Gasteiger partial charge in [-0.05, 0) is 61.4 Å². The van der Waals surface area contributed by atoms with Crippen molar-refractivity contribution in [3.63, 3.8) is 0 Å². The second-order valence-electron chi connectivity index (χ2n) is 10.5. The molecule has 0 saturated heterocycles. The van der Waals surface area contributed by atoms with E-state index in [0.29, 0.717) is 37.6 Å². The summed E-state index contributed by atoms with van der Waals surface area (Å²) in [7, 11) is 1.62. The summed E-state index contributed by atoms with van der Waals surface area (Å²) in [5.41, 5.74) is 1.88. The zero-order chi connectivity index (χ0) is 28.4. The van der Waals surface area contributed by atoms with Crippen LogP contribution in [0.5, 0.6) is 5.75 Å². The van der Waals surface area contributed by atoms with Crippen molar-refractivity contribution in [3.8, 4) is 5.75 Å².